The third-order valence-electron chi connectivity index (χ3n) is 4.20. The first-order valence-electron chi connectivity index (χ1n) is 7.92. The van der Waals surface area contributed by atoms with Gasteiger partial charge in [-0.05, 0) is 49.1 Å². The van der Waals surface area contributed by atoms with Gasteiger partial charge in [-0.2, -0.15) is 0 Å². The molecule has 2 nitrogen and oxygen atoms in total. The SMILES string of the molecule is CCNC1CCc2c(-c3ccccc3OCC)cccc21. The summed E-state index contributed by atoms with van der Waals surface area (Å²) in [6.07, 6.45) is 2.33. The van der Waals surface area contributed by atoms with Gasteiger partial charge in [-0.1, -0.05) is 43.3 Å². The molecule has 0 saturated heterocycles. The average molecular weight is 281 g/mol. The molecule has 0 fully saturated rings. The minimum Gasteiger partial charge on any atom is -0.493 e. The zero-order valence-electron chi connectivity index (χ0n) is 12.9. The normalized spacial score (nSPS) is 16.8. The monoisotopic (exact) mass is 281 g/mol. The maximum Gasteiger partial charge on any atom is 0.127 e. The quantitative estimate of drug-likeness (QED) is 0.879. The summed E-state index contributed by atoms with van der Waals surface area (Å²) in [5, 5.41) is 3.59. The molecule has 0 heterocycles. The highest BCUT2D eigenvalue weighted by Crippen LogP contribution is 2.40. The van der Waals surface area contributed by atoms with Gasteiger partial charge in [0.2, 0.25) is 0 Å². The maximum atomic E-state index is 5.81. The summed E-state index contributed by atoms with van der Waals surface area (Å²) >= 11 is 0. The van der Waals surface area contributed by atoms with Crippen molar-refractivity contribution in [2.45, 2.75) is 32.7 Å². The molecular formula is C19H23NO. The number of rotatable bonds is 5. The van der Waals surface area contributed by atoms with Crippen LogP contribution in [-0.4, -0.2) is 13.2 Å². The number of ether oxygens (including phenoxy) is 1. The Hall–Kier alpha value is -1.80. The van der Waals surface area contributed by atoms with E-state index in [4.69, 9.17) is 4.74 Å². The van der Waals surface area contributed by atoms with Gasteiger partial charge in [-0.25, -0.2) is 0 Å². The van der Waals surface area contributed by atoms with Crippen molar-refractivity contribution in [1.82, 2.24) is 5.32 Å². The molecule has 3 rings (SSSR count). The van der Waals surface area contributed by atoms with E-state index in [9.17, 15) is 0 Å². The van der Waals surface area contributed by atoms with E-state index in [2.05, 4.69) is 48.6 Å². The highest BCUT2D eigenvalue weighted by atomic mass is 16.5. The molecule has 1 atom stereocenters. The fraction of sp³-hybridized carbons (Fsp3) is 0.368. The molecule has 2 aromatic rings. The topological polar surface area (TPSA) is 21.3 Å². The van der Waals surface area contributed by atoms with Gasteiger partial charge in [-0.15, -0.1) is 0 Å². The Kier molecular flexibility index (Phi) is 4.26. The van der Waals surface area contributed by atoms with Crippen LogP contribution in [0.25, 0.3) is 11.1 Å². The minimum absolute atomic E-state index is 0.504. The van der Waals surface area contributed by atoms with Gasteiger partial charge < -0.3 is 10.1 Å². The van der Waals surface area contributed by atoms with Crippen molar-refractivity contribution < 1.29 is 4.74 Å². The molecular weight excluding hydrogens is 258 g/mol. The van der Waals surface area contributed by atoms with Gasteiger partial charge in [0.05, 0.1) is 6.61 Å². The first-order valence-corrected chi connectivity index (χ1v) is 7.92. The second-order valence-corrected chi connectivity index (χ2v) is 5.45. The van der Waals surface area contributed by atoms with Crippen LogP contribution in [0.15, 0.2) is 42.5 Å². The molecule has 2 aromatic carbocycles. The number of hydrogen-bond donors (Lipinski definition) is 1. The predicted molar refractivity (Wildman–Crippen MR) is 87.8 cm³/mol. The Balaban J connectivity index is 2.05. The molecule has 21 heavy (non-hydrogen) atoms. The lowest BCUT2D eigenvalue weighted by atomic mass is 9.95. The van der Waals surface area contributed by atoms with Crippen LogP contribution < -0.4 is 10.1 Å². The fourth-order valence-electron chi connectivity index (χ4n) is 3.34. The van der Waals surface area contributed by atoms with Gasteiger partial charge >= 0.3 is 0 Å². The van der Waals surface area contributed by atoms with Gasteiger partial charge in [0.25, 0.3) is 0 Å². The van der Waals surface area contributed by atoms with Crippen molar-refractivity contribution in [3.63, 3.8) is 0 Å². The summed E-state index contributed by atoms with van der Waals surface area (Å²) in [6, 6.07) is 15.5. The van der Waals surface area contributed by atoms with Gasteiger partial charge in [0.15, 0.2) is 0 Å². The highest BCUT2D eigenvalue weighted by molar-refractivity contribution is 5.75. The lowest BCUT2D eigenvalue weighted by Crippen LogP contribution is -2.18. The van der Waals surface area contributed by atoms with Gasteiger partial charge in [-0.3, -0.25) is 0 Å². The van der Waals surface area contributed by atoms with Crippen LogP contribution in [0.1, 0.15) is 37.4 Å². The van der Waals surface area contributed by atoms with Gasteiger partial charge in [0.1, 0.15) is 5.75 Å². The number of hydrogen-bond acceptors (Lipinski definition) is 2. The van der Waals surface area contributed by atoms with Gasteiger partial charge in [0, 0.05) is 11.6 Å². The summed E-state index contributed by atoms with van der Waals surface area (Å²) in [6.45, 7) is 5.93. The van der Waals surface area contributed by atoms with E-state index in [1.54, 1.807) is 0 Å². The van der Waals surface area contributed by atoms with E-state index >= 15 is 0 Å². The molecule has 1 aliphatic carbocycles. The molecule has 0 aliphatic heterocycles. The predicted octanol–water partition coefficient (Wildman–Crippen LogP) is 4.35. The van der Waals surface area contributed by atoms with E-state index < -0.39 is 0 Å². The van der Waals surface area contributed by atoms with Crippen molar-refractivity contribution in [3.8, 4) is 16.9 Å². The Morgan fingerprint density at radius 2 is 1.86 bits per heavy atom. The Labute approximate surface area is 127 Å². The first kappa shape index (κ1) is 14.2. The second-order valence-electron chi connectivity index (χ2n) is 5.45. The zero-order valence-corrected chi connectivity index (χ0v) is 12.9. The fourth-order valence-corrected chi connectivity index (χ4v) is 3.34. The second kappa shape index (κ2) is 6.31. The lowest BCUT2D eigenvalue weighted by Gasteiger charge is -2.15. The third-order valence-corrected chi connectivity index (χ3v) is 4.20. The van der Waals surface area contributed by atoms with E-state index in [1.807, 2.05) is 13.0 Å². The standard InChI is InChI=1S/C19H23NO/c1-3-20-18-13-12-15-14(9-7-10-16(15)18)17-8-5-6-11-19(17)21-4-2/h5-11,18,20H,3-4,12-13H2,1-2H3. The molecule has 1 aliphatic rings. The molecule has 1 N–H and O–H groups in total. The van der Waals surface area contributed by atoms with Crippen LogP contribution in [0.4, 0.5) is 0 Å². The summed E-state index contributed by atoms with van der Waals surface area (Å²) in [4.78, 5) is 0. The molecule has 0 radical (unpaired) electrons. The van der Waals surface area contributed by atoms with Crippen molar-refractivity contribution in [2.75, 3.05) is 13.2 Å². The van der Waals surface area contributed by atoms with Crippen LogP contribution >= 0.6 is 0 Å². The lowest BCUT2D eigenvalue weighted by molar-refractivity contribution is 0.341. The molecule has 0 amide bonds. The zero-order chi connectivity index (χ0) is 14.7. The van der Waals surface area contributed by atoms with Crippen molar-refractivity contribution in [1.29, 1.82) is 0 Å². The van der Waals surface area contributed by atoms with E-state index in [1.165, 1.54) is 28.7 Å². The van der Waals surface area contributed by atoms with Crippen molar-refractivity contribution >= 4 is 0 Å². The van der Waals surface area contributed by atoms with Crippen LogP contribution in [0.5, 0.6) is 5.75 Å². The van der Waals surface area contributed by atoms with Crippen molar-refractivity contribution in [2.24, 2.45) is 0 Å². The maximum absolute atomic E-state index is 5.81. The number of fused-ring (bicyclic) bond motifs is 1. The Bertz CT molecular complexity index is 621. The Morgan fingerprint density at radius 3 is 2.67 bits per heavy atom. The summed E-state index contributed by atoms with van der Waals surface area (Å²) in [5.41, 5.74) is 5.49. The third kappa shape index (κ3) is 2.68. The van der Waals surface area contributed by atoms with Crippen LogP contribution in [0.3, 0.4) is 0 Å². The highest BCUT2D eigenvalue weighted by Gasteiger charge is 2.24. The largest absolute Gasteiger partial charge is 0.493 e. The Morgan fingerprint density at radius 1 is 1.05 bits per heavy atom. The molecule has 2 heteroatoms. The van der Waals surface area contributed by atoms with E-state index in [-0.39, 0.29) is 0 Å². The average Bonchev–Trinajstić information content (AvgIpc) is 2.92. The first-order chi connectivity index (χ1) is 10.3. The van der Waals surface area contributed by atoms with E-state index in [0.29, 0.717) is 12.6 Å². The van der Waals surface area contributed by atoms with Crippen molar-refractivity contribution in [3.05, 3.63) is 53.6 Å². The molecule has 0 spiro atoms. The summed E-state index contributed by atoms with van der Waals surface area (Å²) in [5.74, 6) is 0.986. The molecule has 0 aromatic heterocycles. The molecule has 1 unspecified atom stereocenters. The smallest absolute Gasteiger partial charge is 0.127 e. The number of nitrogens with one attached hydrogen (secondary N) is 1. The summed E-state index contributed by atoms with van der Waals surface area (Å²) < 4.78 is 5.81. The number of para-hydroxylation sites is 1. The molecule has 110 valence electrons. The molecule has 0 saturated carbocycles. The van der Waals surface area contributed by atoms with E-state index in [0.717, 1.165) is 18.7 Å². The van der Waals surface area contributed by atoms with Crippen LogP contribution in [0, 0.1) is 0 Å². The molecule has 0 bridgehead atoms. The summed E-state index contributed by atoms with van der Waals surface area (Å²) in [7, 11) is 0. The van der Waals surface area contributed by atoms with Crippen LogP contribution in [-0.2, 0) is 6.42 Å². The van der Waals surface area contributed by atoms with Crippen LogP contribution in [0.2, 0.25) is 0 Å². The number of benzene rings is 2. The minimum atomic E-state index is 0.504.